The highest BCUT2D eigenvalue weighted by Crippen LogP contribution is 2.35. The molecule has 0 aromatic heterocycles. The molecule has 2 unspecified atom stereocenters. The lowest BCUT2D eigenvalue weighted by atomic mass is 10.1. The van der Waals surface area contributed by atoms with Crippen LogP contribution in [0.1, 0.15) is 15.9 Å². The van der Waals surface area contributed by atoms with E-state index in [9.17, 15) is 19.8 Å². The maximum absolute atomic E-state index is 12.7. The molecular weight excluding hydrogens is 727 g/mol. The quantitative estimate of drug-likeness (QED) is 0.133. The predicted octanol–water partition coefficient (Wildman–Crippen LogP) is -1.04. The zero-order chi connectivity index (χ0) is 22.1. The Labute approximate surface area is 208 Å². The summed E-state index contributed by atoms with van der Waals surface area (Å²) < 4.78 is 1.70. The number of carbonyl (C=O) groups excluding carboxylic acids is 2. The van der Waals surface area contributed by atoms with Crippen molar-refractivity contribution in [2.75, 3.05) is 38.2 Å². The molecule has 0 spiro atoms. The van der Waals surface area contributed by atoms with Crippen LogP contribution >= 0.6 is 67.8 Å². The van der Waals surface area contributed by atoms with Gasteiger partial charge in [0.05, 0.1) is 40.2 Å². The molecule has 0 radical (unpaired) electrons. The number of anilines is 1. The molecule has 13 heteroatoms. The van der Waals surface area contributed by atoms with Gasteiger partial charge in [-0.15, -0.1) is 0 Å². The maximum atomic E-state index is 12.7. The third kappa shape index (κ3) is 7.95. The number of carbonyl (C=O) groups is 2. The van der Waals surface area contributed by atoms with Crippen molar-refractivity contribution in [2.45, 2.75) is 18.8 Å². The first-order valence-electron chi connectivity index (χ1n) is 8.34. The molecule has 2 atom stereocenters. The number of benzene rings is 1. The fourth-order valence-corrected chi connectivity index (χ4v) is 6.46. The molecule has 164 valence electrons. The summed E-state index contributed by atoms with van der Waals surface area (Å²) in [4.78, 5) is 24.5. The Balaban J connectivity index is 3.33. The molecular formula is C16H22I3N3O7. The van der Waals surface area contributed by atoms with Crippen LogP contribution in [-0.4, -0.2) is 82.5 Å². The second kappa shape index (κ2) is 13.5. The third-order valence-corrected chi connectivity index (χ3v) is 7.10. The van der Waals surface area contributed by atoms with Gasteiger partial charge in [-0.05, 0) is 73.3 Å². The fraction of sp³-hybridized carbons (Fsp3) is 0.500. The van der Waals surface area contributed by atoms with E-state index < -0.39 is 43.8 Å². The van der Waals surface area contributed by atoms with E-state index in [-0.39, 0.29) is 25.2 Å². The van der Waals surface area contributed by atoms with E-state index in [4.69, 9.17) is 15.3 Å². The van der Waals surface area contributed by atoms with Crippen molar-refractivity contribution in [1.29, 1.82) is 0 Å². The summed E-state index contributed by atoms with van der Waals surface area (Å²) in [5.41, 5.74) is 1.31. The minimum atomic E-state index is -1.10. The molecule has 0 bridgehead atoms. The summed E-state index contributed by atoms with van der Waals surface area (Å²) in [7, 11) is 0. The van der Waals surface area contributed by atoms with E-state index >= 15 is 0 Å². The van der Waals surface area contributed by atoms with Crippen molar-refractivity contribution in [3.05, 3.63) is 21.8 Å². The van der Waals surface area contributed by atoms with Crippen molar-refractivity contribution < 1.29 is 35.1 Å². The summed E-state index contributed by atoms with van der Waals surface area (Å²) in [6.45, 7) is -1.40. The van der Waals surface area contributed by atoms with Gasteiger partial charge in [0.2, 0.25) is 5.91 Å². The van der Waals surface area contributed by atoms with E-state index in [1.54, 1.807) is 0 Å². The van der Waals surface area contributed by atoms with Crippen molar-refractivity contribution in [2.24, 2.45) is 0 Å². The summed E-state index contributed by atoms with van der Waals surface area (Å²) in [5.74, 6) is -1.14. The highest BCUT2D eigenvalue weighted by atomic mass is 127. The standard InChI is InChI=1S/C16H22I3N3O7/c17-12-9(3-20-1-7(26)4-23)13(18)15(22-10(28)6-25)14(19)11(12)16(29)21-2-8(27)5-24/h7-8,20,23-27H,1-6H2,(H,21,29)(H,22,28). The average Bonchev–Trinajstić information content (AvgIpc) is 2.71. The van der Waals surface area contributed by atoms with Crippen LogP contribution in [0.4, 0.5) is 5.69 Å². The zero-order valence-corrected chi connectivity index (χ0v) is 21.6. The van der Waals surface area contributed by atoms with E-state index in [1.807, 2.05) is 67.8 Å². The number of aliphatic hydroxyl groups is 5. The molecule has 0 aliphatic carbocycles. The SMILES string of the molecule is O=C(CO)Nc1c(I)c(CNCC(O)CO)c(I)c(C(=O)NCC(O)CO)c1I. The predicted molar refractivity (Wildman–Crippen MR) is 131 cm³/mol. The lowest BCUT2D eigenvalue weighted by Crippen LogP contribution is -2.35. The molecule has 1 aromatic rings. The Morgan fingerprint density at radius 2 is 1.48 bits per heavy atom. The number of amides is 2. The van der Waals surface area contributed by atoms with Crippen LogP contribution in [0.3, 0.4) is 0 Å². The van der Waals surface area contributed by atoms with Crippen LogP contribution in [0.5, 0.6) is 0 Å². The van der Waals surface area contributed by atoms with Crippen molar-refractivity contribution >= 4 is 85.3 Å². The second-order valence-corrected chi connectivity index (χ2v) is 9.13. The van der Waals surface area contributed by atoms with Crippen LogP contribution in [0.25, 0.3) is 0 Å². The Hall–Kier alpha value is 0.110. The molecule has 10 nitrogen and oxygen atoms in total. The molecule has 29 heavy (non-hydrogen) atoms. The zero-order valence-electron chi connectivity index (χ0n) is 15.1. The van der Waals surface area contributed by atoms with Gasteiger partial charge in [0, 0.05) is 26.8 Å². The first-order chi connectivity index (χ1) is 13.7. The van der Waals surface area contributed by atoms with Gasteiger partial charge in [0.1, 0.15) is 6.61 Å². The Morgan fingerprint density at radius 1 is 0.897 bits per heavy atom. The lowest BCUT2D eigenvalue weighted by Gasteiger charge is -2.20. The van der Waals surface area contributed by atoms with Crippen LogP contribution in [-0.2, 0) is 11.3 Å². The van der Waals surface area contributed by atoms with Crippen molar-refractivity contribution in [1.82, 2.24) is 10.6 Å². The topological polar surface area (TPSA) is 171 Å². The van der Waals surface area contributed by atoms with Gasteiger partial charge < -0.3 is 41.5 Å². The molecule has 0 fully saturated rings. The number of hydrogen-bond donors (Lipinski definition) is 8. The van der Waals surface area contributed by atoms with Crippen LogP contribution in [0.2, 0.25) is 0 Å². The molecule has 1 aromatic carbocycles. The first kappa shape index (κ1) is 27.1. The van der Waals surface area contributed by atoms with E-state index in [0.717, 1.165) is 0 Å². The molecule has 2 amide bonds. The monoisotopic (exact) mass is 749 g/mol. The number of hydrogen-bond acceptors (Lipinski definition) is 8. The van der Waals surface area contributed by atoms with E-state index in [0.29, 0.717) is 22.0 Å². The van der Waals surface area contributed by atoms with Gasteiger partial charge >= 0.3 is 0 Å². The van der Waals surface area contributed by atoms with E-state index in [2.05, 4.69) is 16.0 Å². The molecule has 0 saturated heterocycles. The molecule has 1 rings (SSSR count). The highest BCUT2D eigenvalue weighted by molar-refractivity contribution is 14.1. The number of rotatable bonds is 11. The van der Waals surface area contributed by atoms with Gasteiger partial charge in [-0.1, -0.05) is 0 Å². The van der Waals surface area contributed by atoms with Crippen LogP contribution in [0.15, 0.2) is 0 Å². The average molecular weight is 749 g/mol. The number of halogens is 3. The van der Waals surface area contributed by atoms with Crippen molar-refractivity contribution in [3.8, 4) is 0 Å². The van der Waals surface area contributed by atoms with Gasteiger partial charge in [-0.3, -0.25) is 9.59 Å². The van der Waals surface area contributed by atoms with Gasteiger partial charge in [0.15, 0.2) is 0 Å². The molecule has 0 aliphatic heterocycles. The summed E-state index contributed by atoms with van der Waals surface area (Å²) in [6, 6.07) is 0. The summed E-state index contributed by atoms with van der Waals surface area (Å²) in [5, 5.41) is 54.0. The molecule has 8 N–H and O–H groups in total. The van der Waals surface area contributed by atoms with Gasteiger partial charge in [-0.2, -0.15) is 0 Å². The van der Waals surface area contributed by atoms with Crippen molar-refractivity contribution in [3.63, 3.8) is 0 Å². The lowest BCUT2D eigenvalue weighted by molar-refractivity contribution is -0.118. The first-order valence-corrected chi connectivity index (χ1v) is 11.6. The maximum Gasteiger partial charge on any atom is 0.253 e. The highest BCUT2D eigenvalue weighted by Gasteiger charge is 2.25. The van der Waals surface area contributed by atoms with Crippen LogP contribution < -0.4 is 16.0 Å². The Kier molecular flexibility index (Phi) is 12.6. The number of nitrogens with one attached hydrogen (secondary N) is 3. The fourth-order valence-electron chi connectivity index (χ4n) is 2.15. The van der Waals surface area contributed by atoms with Gasteiger partial charge in [0.25, 0.3) is 5.91 Å². The molecule has 0 saturated carbocycles. The third-order valence-electron chi connectivity index (χ3n) is 3.64. The molecule has 0 heterocycles. The summed E-state index contributed by atoms with van der Waals surface area (Å²) >= 11 is 5.95. The summed E-state index contributed by atoms with van der Waals surface area (Å²) in [6.07, 6.45) is -2.04. The Morgan fingerprint density at radius 3 is 2.03 bits per heavy atom. The largest absolute Gasteiger partial charge is 0.394 e. The second-order valence-electron chi connectivity index (χ2n) is 5.89. The minimum absolute atomic E-state index is 0.122. The normalized spacial score (nSPS) is 13.1. The van der Waals surface area contributed by atoms with Crippen LogP contribution in [0, 0.1) is 10.7 Å². The Bertz CT molecular complexity index is 736. The molecule has 0 aliphatic rings. The van der Waals surface area contributed by atoms with E-state index in [1.165, 1.54) is 0 Å². The minimum Gasteiger partial charge on any atom is -0.394 e. The number of aliphatic hydroxyl groups excluding tert-OH is 5. The van der Waals surface area contributed by atoms with Gasteiger partial charge in [-0.25, -0.2) is 0 Å². The smallest absolute Gasteiger partial charge is 0.253 e.